The molecule has 0 aromatic heterocycles. The highest BCUT2D eigenvalue weighted by molar-refractivity contribution is 9.10. The fourth-order valence-corrected chi connectivity index (χ4v) is 3.98. The number of hydrogen-bond acceptors (Lipinski definition) is 2. The molecule has 0 aliphatic carbocycles. The monoisotopic (exact) mass is 390 g/mol. The molecular weight excluding hydrogens is 369 g/mol. The van der Waals surface area contributed by atoms with Crippen molar-refractivity contribution in [3.63, 3.8) is 0 Å². The maximum atomic E-state index is 13.0. The Morgan fingerprint density at radius 1 is 1.09 bits per heavy atom. The number of halogens is 4. The van der Waals surface area contributed by atoms with E-state index in [1.54, 1.807) is 0 Å². The minimum absolute atomic E-state index is 0.124. The highest BCUT2D eigenvalue weighted by Gasteiger charge is 2.41. The number of likely N-dealkylation sites (tertiary alicyclic amines) is 1. The van der Waals surface area contributed by atoms with Crippen molar-refractivity contribution in [1.82, 2.24) is 4.90 Å². The molecule has 2 aliphatic heterocycles. The first-order valence-corrected chi connectivity index (χ1v) is 9.05. The van der Waals surface area contributed by atoms with Gasteiger partial charge < -0.3 is 4.90 Å². The van der Waals surface area contributed by atoms with Crippen LogP contribution in [0.1, 0.15) is 31.2 Å². The quantitative estimate of drug-likeness (QED) is 0.729. The fourth-order valence-electron chi connectivity index (χ4n) is 3.63. The van der Waals surface area contributed by atoms with Crippen LogP contribution in [0.25, 0.3) is 0 Å². The van der Waals surface area contributed by atoms with Crippen LogP contribution in [0.3, 0.4) is 0 Å². The summed E-state index contributed by atoms with van der Waals surface area (Å²) in [4.78, 5) is 4.32. The standard InChI is InChI=1S/C17H22BrF3N2/c18-15-6-5-13(16(10-15)23-8-1-2-9-23)11-22-7-3-4-14(12-22)17(19,20)21/h5-6,10,14H,1-4,7-9,11-12H2. The number of anilines is 1. The molecular formula is C17H22BrF3N2. The molecule has 2 heterocycles. The minimum atomic E-state index is -4.07. The predicted octanol–water partition coefficient (Wildman–Crippen LogP) is 4.82. The van der Waals surface area contributed by atoms with E-state index in [0.717, 1.165) is 29.7 Å². The van der Waals surface area contributed by atoms with Gasteiger partial charge in [0.1, 0.15) is 0 Å². The van der Waals surface area contributed by atoms with Crippen LogP contribution >= 0.6 is 15.9 Å². The number of benzene rings is 1. The van der Waals surface area contributed by atoms with E-state index in [1.807, 2.05) is 11.0 Å². The van der Waals surface area contributed by atoms with Crippen LogP contribution in [-0.2, 0) is 6.54 Å². The summed E-state index contributed by atoms with van der Waals surface area (Å²) in [6, 6.07) is 6.14. The zero-order valence-electron chi connectivity index (χ0n) is 13.1. The topological polar surface area (TPSA) is 6.48 Å². The Morgan fingerprint density at radius 3 is 2.52 bits per heavy atom. The number of hydrogen-bond donors (Lipinski definition) is 0. The van der Waals surface area contributed by atoms with E-state index in [9.17, 15) is 13.2 Å². The molecule has 1 atom stereocenters. The fraction of sp³-hybridized carbons (Fsp3) is 0.647. The highest BCUT2D eigenvalue weighted by Crippen LogP contribution is 2.35. The van der Waals surface area contributed by atoms with Gasteiger partial charge >= 0.3 is 6.18 Å². The number of piperidine rings is 1. The van der Waals surface area contributed by atoms with Crippen LogP contribution in [0.2, 0.25) is 0 Å². The summed E-state index contributed by atoms with van der Waals surface area (Å²) in [6.07, 6.45) is -0.813. The molecule has 1 aromatic carbocycles. The normalized spacial score (nSPS) is 23.5. The molecule has 2 fully saturated rings. The Hall–Kier alpha value is -0.750. The summed E-state index contributed by atoms with van der Waals surface area (Å²) in [5.41, 5.74) is 2.31. The van der Waals surface area contributed by atoms with Gasteiger partial charge in [0.25, 0.3) is 0 Å². The van der Waals surface area contributed by atoms with Gasteiger partial charge in [-0.1, -0.05) is 22.0 Å². The molecule has 23 heavy (non-hydrogen) atoms. The van der Waals surface area contributed by atoms with Gasteiger partial charge in [0.2, 0.25) is 0 Å². The molecule has 6 heteroatoms. The summed E-state index contributed by atoms with van der Waals surface area (Å²) in [5.74, 6) is -1.18. The van der Waals surface area contributed by atoms with Crippen molar-refractivity contribution in [2.45, 2.75) is 38.4 Å². The maximum absolute atomic E-state index is 13.0. The Balaban J connectivity index is 1.74. The van der Waals surface area contributed by atoms with Crippen LogP contribution in [0.5, 0.6) is 0 Å². The van der Waals surface area contributed by atoms with Crippen molar-refractivity contribution < 1.29 is 13.2 Å². The first-order valence-electron chi connectivity index (χ1n) is 8.26. The molecule has 0 amide bonds. The van der Waals surface area contributed by atoms with Crippen molar-refractivity contribution in [2.24, 2.45) is 5.92 Å². The second kappa shape index (κ2) is 7.01. The van der Waals surface area contributed by atoms with E-state index in [2.05, 4.69) is 33.0 Å². The lowest BCUT2D eigenvalue weighted by Gasteiger charge is -2.34. The summed E-state index contributed by atoms with van der Waals surface area (Å²) in [5, 5.41) is 0. The smallest absolute Gasteiger partial charge is 0.371 e. The second-order valence-corrected chi connectivity index (χ2v) is 7.50. The van der Waals surface area contributed by atoms with Crippen LogP contribution in [0.15, 0.2) is 22.7 Å². The van der Waals surface area contributed by atoms with Crippen molar-refractivity contribution in [1.29, 1.82) is 0 Å². The zero-order valence-corrected chi connectivity index (χ0v) is 14.7. The zero-order chi connectivity index (χ0) is 16.4. The lowest BCUT2D eigenvalue weighted by molar-refractivity contribution is -0.187. The lowest BCUT2D eigenvalue weighted by Crippen LogP contribution is -2.41. The molecule has 2 saturated heterocycles. The van der Waals surface area contributed by atoms with Gasteiger partial charge in [-0.3, -0.25) is 4.90 Å². The first-order chi connectivity index (χ1) is 10.9. The van der Waals surface area contributed by atoms with Gasteiger partial charge in [0, 0.05) is 36.3 Å². The molecule has 1 unspecified atom stereocenters. The predicted molar refractivity (Wildman–Crippen MR) is 89.6 cm³/mol. The van der Waals surface area contributed by atoms with E-state index in [-0.39, 0.29) is 13.0 Å². The molecule has 128 valence electrons. The minimum Gasteiger partial charge on any atom is -0.371 e. The Kier molecular flexibility index (Phi) is 5.21. The maximum Gasteiger partial charge on any atom is 0.393 e. The van der Waals surface area contributed by atoms with Gasteiger partial charge in [0.05, 0.1) is 5.92 Å². The van der Waals surface area contributed by atoms with Crippen LogP contribution in [0, 0.1) is 5.92 Å². The van der Waals surface area contributed by atoms with E-state index < -0.39 is 12.1 Å². The molecule has 0 spiro atoms. The van der Waals surface area contributed by atoms with Crippen LogP contribution in [0.4, 0.5) is 18.9 Å². The van der Waals surface area contributed by atoms with Gasteiger partial charge in [0.15, 0.2) is 0 Å². The molecule has 2 nitrogen and oxygen atoms in total. The Labute approximate surface area is 143 Å². The van der Waals surface area contributed by atoms with Gasteiger partial charge in [-0.05, 0) is 49.9 Å². The third-order valence-electron chi connectivity index (χ3n) is 4.86. The van der Waals surface area contributed by atoms with Crippen molar-refractivity contribution in [3.05, 3.63) is 28.2 Å². The van der Waals surface area contributed by atoms with Gasteiger partial charge in [-0.25, -0.2) is 0 Å². The van der Waals surface area contributed by atoms with Crippen molar-refractivity contribution in [2.75, 3.05) is 31.1 Å². The first kappa shape index (κ1) is 17.1. The summed E-state index contributed by atoms with van der Waals surface area (Å²) in [6.45, 7) is 3.55. The average Bonchev–Trinajstić information content (AvgIpc) is 3.03. The van der Waals surface area contributed by atoms with E-state index >= 15 is 0 Å². The van der Waals surface area contributed by atoms with E-state index in [0.29, 0.717) is 13.0 Å². The van der Waals surface area contributed by atoms with Crippen LogP contribution < -0.4 is 4.90 Å². The van der Waals surface area contributed by atoms with Crippen LogP contribution in [-0.4, -0.2) is 37.3 Å². The van der Waals surface area contributed by atoms with Crippen molar-refractivity contribution in [3.8, 4) is 0 Å². The summed E-state index contributed by atoms with van der Waals surface area (Å²) >= 11 is 3.52. The molecule has 0 bridgehead atoms. The van der Waals surface area contributed by atoms with E-state index in [4.69, 9.17) is 0 Å². The SMILES string of the molecule is FC(F)(F)C1CCCN(Cc2ccc(Br)cc2N2CCCC2)C1. The molecule has 0 radical (unpaired) electrons. The highest BCUT2D eigenvalue weighted by atomic mass is 79.9. The number of alkyl halides is 3. The second-order valence-electron chi connectivity index (χ2n) is 6.58. The largest absolute Gasteiger partial charge is 0.393 e. The number of nitrogens with zero attached hydrogens (tertiary/aromatic N) is 2. The lowest BCUT2D eigenvalue weighted by atomic mass is 9.97. The third kappa shape index (κ3) is 4.21. The molecule has 3 rings (SSSR count). The average molecular weight is 391 g/mol. The van der Waals surface area contributed by atoms with E-state index in [1.165, 1.54) is 18.5 Å². The number of rotatable bonds is 3. The molecule has 0 saturated carbocycles. The summed E-state index contributed by atoms with van der Waals surface area (Å²) in [7, 11) is 0. The third-order valence-corrected chi connectivity index (χ3v) is 5.35. The molecule has 0 N–H and O–H groups in total. The summed E-state index contributed by atoms with van der Waals surface area (Å²) < 4.78 is 40.0. The molecule has 1 aromatic rings. The molecule has 2 aliphatic rings. The Bertz CT molecular complexity index is 541. The van der Waals surface area contributed by atoms with Gasteiger partial charge in [-0.2, -0.15) is 13.2 Å². The van der Waals surface area contributed by atoms with Crippen molar-refractivity contribution >= 4 is 21.6 Å². The van der Waals surface area contributed by atoms with Gasteiger partial charge in [-0.15, -0.1) is 0 Å². The Morgan fingerprint density at radius 2 is 1.83 bits per heavy atom.